The Bertz CT molecular complexity index is 572. The molecule has 20 heavy (non-hydrogen) atoms. The molecule has 2 atom stereocenters. The van der Waals surface area contributed by atoms with Crippen molar-refractivity contribution in [3.05, 3.63) is 30.5 Å². The van der Waals surface area contributed by atoms with Crippen LogP contribution in [0.2, 0.25) is 0 Å². The first-order chi connectivity index (χ1) is 9.86. The average Bonchev–Trinajstić information content (AvgIpc) is 2.53. The topological polar surface area (TPSA) is 61.0 Å². The molecule has 1 saturated carbocycles. The van der Waals surface area contributed by atoms with Crippen LogP contribution in [0, 0.1) is 11.8 Å². The summed E-state index contributed by atoms with van der Waals surface area (Å²) in [5, 5.41) is 0. The summed E-state index contributed by atoms with van der Waals surface area (Å²) >= 11 is 0. The summed E-state index contributed by atoms with van der Waals surface area (Å²) in [5.74, 6) is 1.77. The second kappa shape index (κ2) is 6.18. The van der Waals surface area contributed by atoms with Gasteiger partial charge in [0.25, 0.3) is 0 Å². The normalized spacial score (nSPS) is 22.9. The summed E-state index contributed by atoms with van der Waals surface area (Å²) in [6, 6.07) is 7.84. The quantitative estimate of drug-likeness (QED) is 0.929. The van der Waals surface area contributed by atoms with Gasteiger partial charge in [-0.3, -0.25) is 0 Å². The van der Waals surface area contributed by atoms with Crippen molar-refractivity contribution in [2.24, 2.45) is 17.6 Å². The van der Waals surface area contributed by atoms with Crippen molar-refractivity contribution in [3.8, 4) is 5.88 Å². The molecule has 0 saturated heterocycles. The molecule has 1 fully saturated rings. The van der Waals surface area contributed by atoms with Gasteiger partial charge in [-0.2, -0.15) is 0 Å². The van der Waals surface area contributed by atoms with Crippen LogP contribution in [0.4, 0.5) is 0 Å². The van der Waals surface area contributed by atoms with Crippen LogP contribution < -0.4 is 10.5 Å². The molecule has 0 spiro atoms. The molecule has 0 amide bonds. The zero-order valence-electron chi connectivity index (χ0n) is 11.7. The first-order valence-electron chi connectivity index (χ1n) is 7.41. The number of aromatic nitrogens is 2. The van der Waals surface area contributed by atoms with E-state index >= 15 is 0 Å². The van der Waals surface area contributed by atoms with E-state index in [-0.39, 0.29) is 0 Å². The van der Waals surface area contributed by atoms with Crippen molar-refractivity contribution in [3.63, 3.8) is 0 Å². The minimum atomic E-state index is 0.557. The Labute approximate surface area is 119 Å². The van der Waals surface area contributed by atoms with Gasteiger partial charge < -0.3 is 10.5 Å². The van der Waals surface area contributed by atoms with Gasteiger partial charge in [0.2, 0.25) is 5.88 Å². The average molecular weight is 271 g/mol. The number of hydrogen-bond donors (Lipinski definition) is 1. The molecule has 1 aromatic carbocycles. The smallest absolute Gasteiger partial charge is 0.232 e. The van der Waals surface area contributed by atoms with Gasteiger partial charge in [-0.1, -0.05) is 25.0 Å². The molecule has 0 radical (unpaired) electrons. The Kier molecular flexibility index (Phi) is 4.11. The van der Waals surface area contributed by atoms with Gasteiger partial charge >= 0.3 is 0 Å². The number of benzene rings is 1. The predicted octanol–water partition coefficient (Wildman–Crippen LogP) is 2.77. The Morgan fingerprint density at radius 2 is 1.85 bits per heavy atom. The van der Waals surface area contributed by atoms with Crippen molar-refractivity contribution in [1.82, 2.24) is 9.97 Å². The second-order valence-electron chi connectivity index (χ2n) is 5.55. The first-order valence-corrected chi connectivity index (χ1v) is 7.41. The lowest BCUT2D eigenvalue weighted by atomic mass is 9.80. The Hall–Kier alpha value is -1.68. The number of fused-ring (bicyclic) bond motifs is 1. The van der Waals surface area contributed by atoms with E-state index in [1.54, 1.807) is 6.20 Å². The second-order valence-corrected chi connectivity index (χ2v) is 5.55. The van der Waals surface area contributed by atoms with Gasteiger partial charge in [0, 0.05) is 0 Å². The van der Waals surface area contributed by atoms with E-state index in [4.69, 9.17) is 10.5 Å². The number of para-hydroxylation sites is 2. The fraction of sp³-hybridized carbons (Fsp3) is 0.500. The fourth-order valence-corrected chi connectivity index (χ4v) is 3.02. The largest absolute Gasteiger partial charge is 0.476 e. The van der Waals surface area contributed by atoms with Gasteiger partial charge in [-0.15, -0.1) is 0 Å². The predicted molar refractivity (Wildman–Crippen MR) is 79.5 cm³/mol. The lowest BCUT2D eigenvalue weighted by Crippen LogP contribution is -2.30. The lowest BCUT2D eigenvalue weighted by Gasteiger charge is -2.30. The van der Waals surface area contributed by atoms with E-state index < -0.39 is 0 Å². The van der Waals surface area contributed by atoms with Crippen molar-refractivity contribution < 1.29 is 4.74 Å². The fourth-order valence-electron chi connectivity index (χ4n) is 3.02. The van der Waals surface area contributed by atoms with Crippen LogP contribution in [-0.4, -0.2) is 23.1 Å². The molecule has 2 unspecified atom stereocenters. The third-order valence-electron chi connectivity index (χ3n) is 4.24. The number of ether oxygens (including phenoxy) is 1. The highest BCUT2D eigenvalue weighted by Gasteiger charge is 2.24. The maximum atomic E-state index is 5.86. The van der Waals surface area contributed by atoms with Gasteiger partial charge in [0.05, 0.1) is 23.8 Å². The third-order valence-corrected chi connectivity index (χ3v) is 4.24. The van der Waals surface area contributed by atoms with E-state index in [2.05, 4.69) is 9.97 Å². The van der Waals surface area contributed by atoms with E-state index in [1.165, 1.54) is 25.7 Å². The summed E-state index contributed by atoms with van der Waals surface area (Å²) < 4.78 is 5.86. The molecule has 1 heterocycles. The summed E-state index contributed by atoms with van der Waals surface area (Å²) in [7, 11) is 0. The summed E-state index contributed by atoms with van der Waals surface area (Å²) in [6.45, 7) is 1.46. The van der Waals surface area contributed by atoms with Crippen LogP contribution >= 0.6 is 0 Å². The molecule has 106 valence electrons. The first kappa shape index (κ1) is 13.3. The molecular weight excluding hydrogens is 250 g/mol. The lowest BCUT2D eigenvalue weighted by molar-refractivity contribution is 0.149. The summed E-state index contributed by atoms with van der Waals surface area (Å²) in [4.78, 5) is 8.87. The van der Waals surface area contributed by atoms with Crippen LogP contribution in [0.3, 0.4) is 0 Å². The number of nitrogens with zero attached hydrogens (tertiary/aromatic N) is 2. The van der Waals surface area contributed by atoms with Crippen molar-refractivity contribution in [1.29, 1.82) is 0 Å². The maximum absolute atomic E-state index is 5.86. The molecule has 1 aliphatic rings. The zero-order chi connectivity index (χ0) is 13.8. The maximum Gasteiger partial charge on any atom is 0.232 e. The minimum absolute atomic E-state index is 0.557. The highest BCUT2D eigenvalue weighted by atomic mass is 16.5. The van der Waals surface area contributed by atoms with E-state index in [9.17, 15) is 0 Å². The standard InChI is InChI=1S/C16H21N3O/c17-9-12-5-1-2-6-13(12)11-20-16-10-18-14-7-3-4-8-15(14)19-16/h3-4,7-8,10,12-13H,1-2,5-6,9,11,17H2. The molecule has 4 nitrogen and oxygen atoms in total. The van der Waals surface area contributed by atoms with E-state index in [1.807, 2.05) is 24.3 Å². The van der Waals surface area contributed by atoms with Gasteiger partial charge in [0.1, 0.15) is 0 Å². The van der Waals surface area contributed by atoms with Crippen LogP contribution in [0.1, 0.15) is 25.7 Å². The van der Waals surface area contributed by atoms with Crippen LogP contribution in [0.15, 0.2) is 30.5 Å². The molecule has 1 aromatic heterocycles. The third kappa shape index (κ3) is 2.90. The van der Waals surface area contributed by atoms with E-state index in [0.717, 1.165) is 17.6 Å². The van der Waals surface area contributed by atoms with Gasteiger partial charge in [-0.05, 0) is 43.4 Å². The van der Waals surface area contributed by atoms with Crippen LogP contribution in [-0.2, 0) is 0 Å². The highest BCUT2D eigenvalue weighted by Crippen LogP contribution is 2.29. The Morgan fingerprint density at radius 1 is 1.10 bits per heavy atom. The van der Waals surface area contributed by atoms with Crippen molar-refractivity contribution >= 4 is 11.0 Å². The molecule has 4 heteroatoms. The minimum Gasteiger partial charge on any atom is -0.476 e. The highest BCUT2D eigenvalue weighted by molar-refractivity contribution is 5.73. The number of nitrogens with two attached hydrogens (primary N) is 1. The van der Waals surface area contributed by atoms with Gasteiger partial charge in [0.15, 0.2) is 0 Å². The summed E-state index contributed by atoms with van der Waals surface area (Å²) in [5.41, 5.74) is 7.63. The van der Waals surface area contributed by atoms with Crippen molar-refractivity contribution in [2.45, 2.75) is 25.7 Å². The molecule has 1 aliphatic carbocycles. The molecule has 0 bridgehead atoms. The Morgan fingerprint density at radius 3 is 2.65 bits per heavy atom. The molecule has 3 rings (SSSR count). The molecule has 0 aliphatic heterocycles. The monoisotopic (exact) mass is 271 g/mol. The van der Waals surface area contributed by atoms with E-state index in [0.29, 0.717) is 24.3 Å². The number of hydrogen-bond acceptors (Lipinski definition) is 4. The number of rotatable bonds is 4. The van der Waals surface area contributed by atoms with Crippen molar-refractivity contribution in [2.75, 3.05) is 13.2 Å². The Balaban J connectivity index is 1.67. The summed E-state index contributed by atoms with van der Waals surface area (Å²) in [6.07, 6.45) is 6.74. The van der Waals surface area contributed by atoms with Gasteiger partial charge in [-0.25, -0.2) is 9.97 Å². The molecule has 2 N–H and O–H groups in total. The zero-order valence-corrected chi connectivity index (χ0v) is 11.7. The SMILES string of the molecule is NCC1CCCCC1COc1cnc2ccccc2n1. The van der Waals surface area contributed by atoms with Crippen LogP contribution in [0.5, 0.6) is 5.88 Å². The molecular formula is C16H21N3O. The molecule has 2 aromatic rings. The van der Waals surface area contributed by atoms with Crippen LogP contribution in [0.25, 0.3) is 11.0 Å².